The van der Waals surface area contributed by atoms with E-state index in [2.05, 4.69) is 5.32 Å². The molecule has 0 saturated heterocycles. The molecule has 0 bridgehead atoms. The third kappa shape index (κ3) is 4.86. The molecule has 0 aliphatic rings. The molecule has 0 spiro atoms. The Morgan fingerprint density at radius 3 is 2.80 bits per heavy atom. The zero-order valence-electron chi connectivity index (χ0n) is 8.77. The number of benzene rings is 1. The first-order valence-corrected chi connectivity index (χ1v) is 4.95. The molecule has 0 atom stereocenters. The molecule has 0 heterocycles. The maximum Gasteiger partial charge on any atom is 0.330 e. The summed E-state index contributed by atoms with van der Waals surface area (Å²) < 4.78 is 4.74. The molecule has 1 rings (SSSR count). The van der Waals surface area contributed by atoms with Crippen LogP contribution in [-0.2, 0) is 9.53 Å². The highest BCUT2D eigenvalue weighted by Gasteiger charge is 1.91. The van der Waals surface area contributed by atoms with E-state index in [1.54, 1.807) is 13.0 Å². The zero-order chi connectivity index (χ0) is 10.9. The molecule has 1 N–H and O–H groups in total. The molecule has 80 valence electrons. The molecule has 0 unspecified atom stereocenters. The van der Waals surface area contributed by atoms with E-state index in [0.717, 1.165) is 5.69 Å². The summed E-state index contributed by atoms with van der Waals surface area (Å²) >= 11 is 0. The summed E-state index contributed by atoms with van der Waals surface area (Å²) in [7, 11) is 0. The van der Waals surface area contributed by atoms with Crippen molar-refractivity contribution in [3.05, 3.63) is 42.5 Å². The predicted molar refractivity (Wildman–Crippen MR) is 60.7 cm³/mol. The van der Waals surface area contributed by atoms with Crippen molar-refractivity contribution in [1.29, 1.82) is 0 Å². The lowest BCUT2D eigenvalue weighted by Crippen LogP contribution is -2.02. The first kappa shape index (κ1) is 11.3. The lowest BCUT2D eigenvalue weighted by molar-refractivity contribution is -0.137. The second-order valence-electron chi connectivity index (χ2n) is 2.90. The summed E-state index contributed by atoms with van der Waals surface area (Å²) in [5.41, 5.74) is 1.03. The van der Waals surface area contributed by atoms with Crippen molar-refractivity contribution in [2.24, 2.45) is 0 Å². The molecule has 0 saturated carbocycles. The van der Waals surface area contributed by atoms with Gasteiger partial charge in [0.25, 0.3) is 0 Å². The summed E-state index contributed by atoms with van der Waals surface area (Å²) in [4.78, 5) is 10.9. The Balaban J connectivity index is 2.24. The first-order valence-electron chi connectivity index (χ1n) is 4.95. The molecule has 1 aromatic carbocycles. The summed E-state index contributed by atoms with van der Waals surface area (Å²) in [6, 6.07) is 9.81. The van der Waals surface area contributed by atoms with Crippen LogP contribution in [0.15, 0.2) is 42.5 Å². The van der Waals surface area contributed by atoms with E-state index < -0.39 is 0 Å². The Morgan fingerprint density at radius 2 is 2.13 bits per heavy atom. The average Bonchev–Trinajstić information content (AvgIpc) is 2.26. The third-order valence-electron chi connectivity index (χ3n) is 1.74. The van der Waals surface area contributed by atoms with Crippen LogP contribution in [0.1, 0.15) is 6.92 Å². The predicted octanol–water partition coefficient (Wildman–Crippen LogP) is 2.22. The van der Waals surface area contributed by atoms with Crippen LogP contribution in [0.4, 0.5) is 5.69 Å². The van der Waals surface area contributed by atoms with Gasteiger partial charge in [0, 0.05) is 18.3 Å². The van der Waals surface area contributed by atoms with E-state index in [1.165, 1.54) is 6.08 Å². The number of hydrogen-bond acceptors (Lipinski definition) is 3. The minimum Gasteiger partial charge on any atom is -0.463 e. The van der Waals surface area contributed by atoms with Gasteiger partial charge < -0.3 is 10.1 Å². The number of nitrogens with one attached hydrogen (secondary N) is 1. The number of carbonyl (C=O) groups is 1. The van der Waals surface area contributed by atoms with E-state index >= 15 is 0 Å². The van der Waals surface area contributed by atoms with Gasteiger partial charge in [-0.25, -0.2) is 4.79 Å². The van der Waals surface area contributed by atoms with Crippen molar-refractivity contribution >= 4 is 11.7 Å². The van der Waals surface area contributed by atoms with Crippen LogP contribution in [0.3, 0.4) is 0 Å². The minimum atomic E-state index is -0.299. The molecule has 15 heavy (non-hydrogen) atoms. The van der Waals surface area contributed by atoms with Gasteiger partial charge in [0.05, 0.1) is 6.61 Å². The maximum absolute atomic E-state index is 10.9. The molecule has 0 aliphatic carbocycles. The van der Waals surface area contributed by atoms with Gasteiger partial charge in [-0.1, -0.05) is 24.3 Å². The molecule has 0 amide bonds. The molecular formula is C12H15NO2. The third-order valence-corrected chi connectivity index (χ3v) is 1.74. The Labute approximate surface area is 89.8 Å². The standard InChI is InChI=1S/C12H15NO2/c1-2-15-12(14)9-6-10-13-11-7-4-3-5-8-11/h3-9,13H,2,10H2,1H3/b9-6+. The normalized spacial score (nSPS) is 10.2. The van der Waals surface area contributed by atoms with Crippen LogP contribution >= 0.6 is 0 Å². The minimum absolute atomic E-state index is 0.299. The summed E-state index contributed by atoms with van der Waals surface area (Å²) in [5, 5.41) is 3.15. The summed E-state index contributed by atoms with van der Waals surface area (Å²) in [6.07, 6.45) is 3.17. The lowest BCUT2D eigenvalue weighted by Gasteiger charge is -2.01. The highest BCUT2D eigenvalue weighted by Crippen LogP contribution is 2.03. The number of ether oxygens (including phenoxy) is 1. The SMILES string of the molecule is CCOC(=O)/C=C/CNc1ccccc1. The highest BCUT2D eigenvalue weighted by atomic mass is 16.5. The topological polar surface area (TPSA) is 38.3 Å². The number of esters is 1. The highest BCUT2D eigenvalue weighted by molar-refractivity contribution is 5.81. The van der Waals surface area contributed by atoms with Gasteiger partial charge >= 0.3 is 5.97 Å². The van der Waals surface area contributed by atoms with Crippen molar-refractivity contribution in [3.8, 4) is 0 Å². The van der Waals surface area contributed by atoms with Gasteiger partial charge in [0.1, 0.15) is 0 Å². The van der Waals surface area contributed by atoms with Gasteiger partial charge in [-0.2, -0.15) is 0 Å². The molecule has 0 radical (unpaired) electrons. The van der Waals surface area contributed by atoms with Crippen molar-refractivity contribution in [1.82, 2.24) is 0 Å². The maximum atomic E-state index is 10.9. The molecule has 0 aliphatic heterocycles. The van der Waals surface area contributed by atoms with Crippen LogP contribution < -0.4 is 5.32 Å². The second kappa shape index (κ2) is 6.65. The van der Waals surface area contributed by atoms with E-state index in [1.807, 2.05) is 30.3 Å². The molecule has 1 aromatic rings. The quantitative estimate of drug-likeness (QED) is 0.591. The van der Waals surface area contributed by atoms with E-state index in [0.29, 0.717) is 13.2 Å². The van der Waals surface area contributed by atoms with Crippen molar-refractivity contribution in [3.63, 3.8) is 0 Å². The first-order chi connectivity index (χ1) is 7.33. The Bertz CT molecular complexity index is 320. The molecule has 3 heteroatoms. The number of anilines is 1. The molecule has 0 fully saturated rings. The van der Waals surface area contributed by atoms with E-state index in [-0.39, 0.29) is 5.97 Å². The molecular weight excluding hydrogens is 190 g/mol. The van der Waals surface area contributed by atoms with Crippen LogP contribution in [0.25, 0.3) is 0 Å². The van der Waals surface area contributed by atoms with Crippen molar-refractivity contribution in [2.45, 2.75) is 6.92 Å². The summed E-state index contributed by atoms with van der Waals surface area (Å²) in [5.74, 6) is -0.299. The monoisotopic (exact) mass is 205 g/mol. The van der Waals surface area contributed by atoms with E-state index in [9.17, 15) is 4.79 Å². The zero-order valence-corrected chi connectivity index (χ0v) is 8.77. The lowest BCUT2D eigenvalue weighted by atomic mass is 10.3. The van der Waals surface area contributed by atoms with Gasteiger partial charge in [-0.3, -0.25) is 0 Å². The van der Waals surface area contributed by atoms with Crippen LogP contribution in [0.5, 0.6) is 0 Å². The van der Waals surface area contributed by atoms with Crippen molar-refractivity contribution in [2.75, 3.05) is 18.5 Å². The fourth-order valence-electron chi connectivity index (χ4n) is 1.08. The van der Waals surface area contributed by atoms with Crippen LogP contribution in [0.2, 0.25) is 0 Å². The molecule has 0 aromatic heterocycles. The van der Waals surface area contributed by atoms with E-state index in [4.69, 9.17) is 4.74 Å². The fraction of sp³-hybridized carbons (Fsp3) is 0.250. The molecule has 3 nitrogen and oxygen atoms in total. The van der Waals surface area contributed by atoms with Crippen molar-refractivity contribution < 1.29 is 9.53 Å². The number of para-hydroxylation sites is 1. The summed E-state index contributed by atoms with van der Waals surface area (Å²) in [6.45, 7) is 2.81. The smallest absolute Gasteiger partial charge is 0.330 e. The Hall–Kier alpha value is -1.77. The van der Waals surface area contributed by atoms with Gasteiger partial charge in [-0.05, 0) is 19.1 Å². The number of hydrogen-bond donors (Lipinski definition) is 1. The van der Waals surface area contributed by atoms with Gasteiger partial charge in [-0.15, -0.1) is 0 Å². The Morgan fingerprint density at radius 1 is 1.40 bits per heavy atom. The largest absolute Gasteiger partial charge is 0.463 e. The Kier molecular flexibility index (Phi) is 5.01. The van der Waals surface area contributed by atoms with Gasteiger partial charge in [0.2, 0.25) is 0 Å². The number of carbonyl (C=O) groups excluding carboxylic acids is 1. The van der Waals surface area contributed by atoms with Gasteiger partial charge in [0.15, 0.2) is 0 Å². The average molecular weight is 205 g/mol. The van der Waals surface area contributed by atoms with Crippen LogP contribution in [0, 0.1) is 0 Å². The van der Waals surface area contributed by atoms with Crippen LogP contribution in [-0.4, -0.2) is 19.1 Å². The second-order valence-corrected chi connectivity index (χ2v) is 2.90. The fourth-order valence-corrected chi connectivity index (χ4v) is 1.08. The number of rotatable bonds is 5.